The molecule has 4 heteroatoms. The zero-order valence-electron chi connectivity index (χ0n) is 12.3. The van der Waals surface area contributed by atoms with Crippen molar-refractivity contribution in [2.45, 2.75) is 32.7 Å². The number of amides is 1. The summed E-state index contributed by atoms with van der Waals surface area (Å²) in [5.41, 5.74) is 1.20. The summed E-state index contributed by atoms with van der Waals surface area (Å²) in [5, 5.41) is 6.47. The molecule has 20 heavy (non-hydrogen) atoms. The minimum atomic E-state index is 0. The molecular formula is C16H25ClN2O. The van der Waals surface area contributed by atoms with Gasteiger partial charge in [-0.25, -0.2) is 0 Å². The summed E-state index contributed by atoms with van der Waals surface area (Å²) in [5.74, 6) is 0.894. The van der Waals surface area contributed by atoms with Crippen molar-refractivity contribution in [1.82, 2.24) is 10.6 Å². The Morgan fingerprint density at radius 2 is 2.05 bits per heavy atom. The zero-order chi connectivity index (χ0) is 13.7. The molecule has 1 fully saturated rings. The lowest BCUT2D eigenvalue weighted by atomic mass is 9.96. The van der Waals surface area contributed by atoms with Crippen molar-refractivity contribution in [3.05, 3.63) is 35.9 Å². The van der Waals surface area contributed by atoms with E-state index >= 15 is 0 Å². The summed E-state index contributed by atoms with van der Waals surface area (Å²) in [6.45, 7) is 6.16. The SMILES string of the molecule is CC(C)CC(NC(=O)C1CCNC1)c1ccccc1.Cl. The van der Waals surface area contributed by atoms with Crippen molar-refractivity contribution < 1.29 is 4.79 Å². The molecule has 2 unspecified atom stereocenters. The fourth-order valence-electron chi connectivity index (χ4n) is 2.60. The van der Waals surface area contributed by atoms with E-state index in [2.05, 4.69) is 36.6 Å². The normalized spacial score (nSPS) is 19.4. The molecule has 1 aliphatic heterocycles. The summed E-state index contributed by atoms with van der Waals surface area (Å²) >= 11 is 0. The maximum atomic E-state index is 12.3. The van der Waals surface area contributed by atoms with Crippen LogP contribution in [0.2, 0.25) is 0 Å². The van der Waals surface area contributed by atoms with E-state index in [-0.39, 0.29) is 30.3 Å². The van der Waals surface area contributed by atoms with Crippen LogP contribution in [0.4, 0.5) is 0 Å². The quantitative estimate of drug-likeness (QED) is 0.877. The summed E-state index contributed by atoms with van der Waals surface area (Å²) < 4.78 is 0. The van der Waals surface area contributed by atoms with Crippen LogP contribution in [0.3, 0.4) is 0 Å². The third-order valence-electron chi connectivity index (χ3n) is 3.66. The number of hydrogen-bond donors (Lipinski definition) is 2. The summed E-state index contributed by atoms with van der Waals surface area (Å²) in [6.07, 6.45) is 1.94. The van der Waals surface area contributed by atoms with Gasteiger partial charge >= 0.3 is 0 Å². The largest absolute Gasteiger partial charge is 0.349 e. The summed E-state index contributed by atoms with van der Waals surface area (Å²) in [4.78, 5) is 12.3. The van der Waals surface area contributed by atoms with Gasteiger partial charge in [0.1, 0.15) is 0 Å². The van der Waals surface area contributed by atoms with E-state index in [0.29, 0.717) is 5.92 Å². The molecule has 1 heterocycles. The number of rotatable bonds is 5. The molecular weight excluding hydrogens is 272 g/mol. The highest BCUT2D eigenvalue weighted by atomic mass is 35.5. The van der Waals surface area contributed by atoms with Crippen LogP contribution < -0.4 is 10.6 Å². The van der Waals surface area contributed by atoms with Crippen LogP contribution in [0.1, 0.15) is 38.3 Å². The molecule has 2 N–H and O–H groups in total. The Morgan fingerprint density at radius 3 is 2.60 bits per heavy atom. The zero-order valence-corrected chi connectivity index (χ0v) is 13.1. The Balaban J connectivity index is 0.00000200. The first-order valence-electron chi connectivity index (χ1n) is 7.23. The molecule has 0 aromatic heterocycles. The highest BCUT2D eigenvalue weighted by Gasteiger charge is 2.25. The summed E-state index contributed by atoms with van der Waals surface area (Å²) in [6, 6.07) is 10.4. The maximum absolute atomic E-state index is 12.3. The van der Waals surface area contributed by atoms with Crippen LogP contribution >= 0.6 is 12.4 Å². The van der Waals surface area contributed by atoms with Crippen LogP contribution in [0.15, 0.2) is 30.3 Å². The molecule has 1 aromatic rings. The van der Waals surface area contributed by atoms with Crippen molar-refractivity contribution in [1.29, 1.82) is 0 Å². The lowest BCUT2D eigenvalue weighted by Crippen LogP contribution is -2.35. The van der Waals surface area contributed by atoms with Gasteiger partial charge in [0, 0.05) is 6.54 Å². The second-order valence-electron chi connectivity index (χ2n) is 5.79. The van der Waals surface area contributed by atoms with Gasteiger partial charge < -0.3 is 10.6 Å². The number of hydrogen-bond acceptors (Lipinski definition) is 2. The van der Waals surface area contributed by atoms with Crippen molar-refractivity contribution in [2.75, 3.05) is 13.1 Å². The van der Waals surface area contributed by atoms with E-state index in [1.54, 1.807) is 0 Å². The molecule has 3 nitrogen and oxygen atoms in total. The molecule has 0 spiro atoms. The number of carbonyl (C=O) groups excluding carboxylic acids is 1. The molecule has 0 bridgehead atoms. The third-order valence-corrected chi connectivity index (χ3v) is 3.66. The van der Waals surface area contributed by atoms with Crippen LogP contribution in [0, 0.1) is 11.8 Å². The standard InChI is InChI=1S/C16H24N2O.ClH/c1-12(2)10-15(13-6-4-3-5-7-13)18-16(19)14-8-9-17-11-14;/h3-7,12,14-15,17H,8-11H2,1-2H3,(H,18,19);1H. The number of carbonyl (C=O) groups is 1. The first-order chi connectivity index (χ1) is 9.16. The predicted octanol–water partition coefficient (Wildman–Crippen LogP) is 2.92. The Kier molecular flexibility index (Phi) is 7.03. The number of halogens is 1. The minimum absolute atomic E-state index is 0. The number of benzene rings is 1. The van der Waals surface area contributed by atoms with Crippen LogP contribution in [0.5, 0.6) is 0 Å². The van der Waals surface area contributed by atoms with Crippen molar-refractivity contribution >= 4 is 18.3 Å². The van der Waals surface area contributed by atoms with E-state index in [9.17, 15) is 4.79 Å². The Hall–Kier alpha value is -1.06. The van der Waals surface area contributed by atoms with Crippen LogP contribution in [-0.2, 0) is 4.79 Å². The molecule has 0 saturated carbocycles. The molecule has 0 radical (unpaired) electrons. The van der Waals surface area contributed by atoms with Gasteiger partial charge in [-0.05, 0) is 30.9 Å². The average molecular weight is 297 g/mol. The van der Waals surface area contributed by atoms with Crippen molar-refractivity contribution in [3.8, 4) is 0 Å². The van der Waals surface area contributed by atoms with Gasteiger partial charge in [-0.15, -0.1) is 12.4 Å². The fourth-order valence-corrected chi connectivity index (χ4v) is 2.60. The summed E-state index contributed by atoms with van der Waals surface area (Å²) in [7, 11) is 0. The average Bonchev–Trinajstić information content (AvgIpc) is 2.92. The molecule has 112 valence electrons. The maximum Gasteiger partial charge on any atom is 0.224 e. The first-order valence-corrected chi connectivity index (χ1v) is 7.23. The highest BCUT2D eigenvalue weighted by molar-refractivity contribution is 5.85. The fraction of sp³-hybridized carbons (Fsp3) is 0.562. The lowest BCUT2D eigenvalue weighted by Gasteiger charge is -2.22. The third kappa shape index (κ3) is 4.80. The van der Waals surface area contributed by atoms with Crippen molar-refractivity contribution in [3.63, 3.8) is 0 Å². The van der Waals surface area contributed by atoms with Gasteiger partial charge in [-0.3, -0.25) is 4.79 Å². The van der Waals surface area contributed by atoms with E-state index in [4.69, 9.17) is 0 Å². The van der Waals surface area contributed by atoms with Gasteiger partial charge in [-0.2, -0.15) is 0 Å². The molecule has 0 aliphatic carbocycles. The smallest absolute Gasteiger partial charge is 0.224 e. The predicted molar refractivity (Wildman–Crippen MR) is 85.0 cm³/mol. The Bertz CT molecular complexity index is 402. The first kappa shape index (κ1) is 17.0. The monoisotopic (exact) mass is 296 g/mol. The Morgan fingerprint density at radius 1 is 1.35 bits per heavy atom. The van der Waals surface area contributed by atoms with Gasteiger partial charge in [0.05, 0.1) is 12.0 Å². The van der Waals surface area contributed by atoms with Gasteiger partial charge in [0.15, 0.2) is 0 Å². The second kappa shape index (κ2) is 8.28. The highest BCUT2D eigenvalue weighted by Crippen LogP contribution is 2.22. The lowest BCUT2D eigenvalue weighted by molar-refractivity contribution is -0.125. The molecule has 2 atom stereocenters. The van der Waals surface area contributed by atoms with E-state index in [1.807, 2.05) is 18.2 Å². The molecule has 2 rings (SSSR count). The van der Waals surface area contributed by atoms with Crippen LogP contribution in [0.25, 0.3) is 0 Å². The number of nitrogens with one attached hydrogen (secondary N) is 2. The van der Waals surface area contributed by atoms with Gasteiger partial charge in [-0.1, -0.05) is 44.2 Å². The molecule has 1 saturated heterocycles. The van der Waals surface area contributed by atoms with Gasteiger partial charge in [0.2, 0.25) is 5.91 Å². The molecule has 1 aliphatic rings. The van der Waals surface area contributed by atoms with E-state index in [0.717, 1.165) is 25.9 Å². The molecule has 1 aromatic carbocycles. The van der Waals surface area contributed by atoms with E-state index < -0.39 is 0 Å². The van der Waals surface area contributed by atoms with E-state index in [1.165, 1.54) is 5.56 Å². The Labute approximate surface area is 127 Å². The van der Waals surface area contributed by atoms with Crippen molar-refractivity contribution in [2.24, 2.45) is 11.8 Å². The van der Waals surface area contributed by atoms with Gasteiger partial charge in [0.25, 0.3) is 0 Å². The minimum Gasteiger partial charge on any atom is -0.349 e. The topological polar surface area (TPSA) is 41.1 Å². The van der Waals surface area contributed by atoms with Crippen LogP contribution in [-0.4, -0.2) is 19.0 Å². The molecule has 1 amide bonds. The second-order valence-corrected chi connectivity index (χ2v) is 5.79.